The van der Waals surface area contributed by atoms with Crippen LogP contribution in [0.3, 0.4) is 0 Å². The van der Waals surface area contributed by atoms with Crippen LogP contribution >= 0.6 is 15.9 Å². The van der Waals surface area contributed by atoms with Crippen LogP contribution in [-0.4, -0.2) is 0 Å². The van der Waals surface area contributed by atoms with Gasteiger partial charge in [-0.15, -0.1) is 0 Å². The monoisotopic (exact) mass is 222 g/mol. The lowest BCUT2D eigenvalue weighted by molar-refractivity contribution is 0.586. The van der Waals surface area contributed by atoms with E-state index < -0.39 is 0 Å². The molecule has 0 heterocycles. The van der Waals surface area contributed by atoms with E-state index in [4.69, 9.17) is 0 Å². The van der Waals surface area contributed by atoms with Crippen molar-refractivity contribution in [3.05, 3.63) is 46.0 Å². The molecule has 0 bridgehead atoms. The summed E-state index contributed by atoms with van der Waals surface area (Å²) in [4.78, 5) is 0. The minimum Gasteiger partial charge on any atom is -0.0744 e. The summed E-state index contributed by atoms with van der Waals surface area (Å²) in [5.74, 6) is 0. The zero-order chi connectivity index (χ0) is 8.77. The van der Waals surface area contributed by atoms with Gasteiger partial charge in [0, 0.05) is 9.90 Å². The molecule has 1 heteroatoms. The third-order valence-corrected chi connectivity index (χ3v) is 3.03. The highest BCUT2D eigenvalue weighted by molar-refractivity contribution is 9.11. The molecule has 0 saturated carbocycles. The predicted octanol–water partition coefficient (Wildman–Crippen LogP) is 3.73. The van der Waals surface area contributed by atoms with Gasteiger partial charge in [-0.3, -0.25) is 0 Å². The first kappa shape index (κ1) is 8.06. The maximum absolute atomic E-state index is 3.57. The summed E-state index contributed by atoms with van der Waals surface area (Å²) in [5, 5.41) is 0. The molecule has 0 unspecified atom stereocenters. The molecule has 0 aromatic rings. The first-order valence-corrected chi connectivity index (χ1v) is 4.89. The van der Waals surface area contributed by atoms with Crippen molar-refractivity contribution in [3.8, 4) is 0 Å². The Morgan fingerprint density at radius 1 is 1.25 bits per heavy atom. The maximum Gasteiger partial charge on any atom is 0.0222 e. The Balaban J connectivity index is 2.59. The average Bonchev–Trinajstić information content (AvgIpc) is 2.32. The van der Waals surface area contributed by atoms with Crippen LogP contribution in [0.15, 0.2) is 46.0 Å². The average molecular weight is 223 g/mol. The Kier molecular flexibility index (Phi) is 1.65. The second-order valence-electron chi connectivity index (χ2n) is 3.76. The number of allylic oxidation sites excluding steroid dienone is 8. The van der Waals surface area contributed by atoms with Crippen LogP contribution in [0.5, 0.6) is 0 Å². The van der Waals surface area contributed by atoms with Crippen LogP contribution in [0.2, 0.25) is 0 Å². The Labute approximate surface area is 81.5 Å². The first-order valence-electron chi connectivity index (χ1n) is 4.09. The van der Waals surface area contributed by atoms with Crippen LogP contribution in [0.4, 0.5) is 0 Å². The summed E-state index contributed by atoms with van der Waals surface area (Å²) < 4.78 is 1.23. The third kappa shape index (κ3) is 1.04. The molecule has 0 aliphatic heterocycles. The number of fused-ring (bicyclic) bond motifs is 1. The van der Waals surface area contributed by atoms with E-state index in [1.54, 1.807) is 0 Å². The third-order valence-electron chi connectivity index (χ3n) is 2.37. The van der Waals surface area contributed by atoms with Gasteiger partial charge in [0.25, 0.3) is 0 Å². The standard InChI is InChI=1S/C11H11Br/c1-11(2)7-3-4-8-5-6-9(12)10(8)11/h3-7H,1-2H3. The van der Waals surface area contributed by atoms with Crippen LogP contribution < -0.4 is 0 Å². The minimum atomic E-state index is 0.173. The Morgan fingerprint density at radius 3 is 2.67 bits per heavy atom. The molecule has 2 aliphatic rings. The first-order chi connectivity index (χ1) is 5.61. The zero-order valence-electron chi connectivity index (χ0n) is 7.26. The van der Waals surface area contributed by atoms with E-state index in [1.807, 2.05) is 0 Å². The molecule has 2 aliphatic carbocycles. The molecule has 0 nitrogen and oxygen atoms in total. The molecule has 0 atom stereocenters. The van der Waals surface area contributed by atoms with Gasteiger partial charge in [0.2, 0.25) is 0 Å². The van der Waals surface area contributed by atoms with Crippen molar-refractivity contribution >= 4 is 15.9 Å². The van der Waals surface area contributed by atoms with Crippen LogP contribution in [0.1, 0.15) is 13.8 Å². The summed E-state index contributed by atoms with van der Waals surface area (Å²) in [6.07, 6.45) is 10.8. The Hall–Kier alpha value is -0.560. The minimum absolute atomic E-state index is 0.173. The van der Waals surface area contributed by atoms with Gasteiger partial charge in [-0.1, -0.05) is 54.1 Å². The SMILES string of the molecule is CC1(C)C=CC=C2C=CC(Br)=C21. The van der Waals surface area contributed by atoms with Gasteiger partial charge in [-0.2, -0.15) is 0 Å². The smallest absolute Gasteiger partial charge is 0.0222 e. The van der Waals surface area contributed by atoms with Gasteiger partial charge < -0.3 is 0 Å². The normalized spacial score (nSPS) is 24.4. The lowest BCUT2D eigenvalue weighted by Crippen LogP contribution is -2.14. The highest BCUT2D eigenvalue weighted by Gasteiger charge is 2.28. The van der Waals surface area contributed by atoms with Gasteiger partial charge in [0.1, 0.15) is 0 Å². The fourth-order valence-electron chi connectivity index (χ4n) is 1.76. The molecule has 2 rings (SSSR count). The molecule has 12 heavy (non-hydrogen) atoms. The number of rotatable bonds is 0. The number of hydrogen-bond donors (Lipinski definition) is 0. The van der Waals surface area contributed by atoms with E-state index in [0.29, 0.717) is 0 Å². The lowest BCUT2D eigenvalue weighted by atomic mass is 9.78. The van der Waals surface area contributed by atoms with Crippen molar-refractivity contribution in [2.45, 2.75) is 13.8 Å². The Bertz CT molecular complexity index is 338. The fraction of sp³-hybridized carbons (Fsp3) is 0.273. The van der Waals surface area contributed by atoms with Gasteiger partial charge in [0.15, 0.2) is 0 Å². The van der Waals surface area contributed by atoms with Crippen molar-refractivity contribution in [2.24, 2.45) is 5.41 Å². The van der Waals surface area contributed by atoms with E-state index in [0.717, 1.165) is 0 Å². The second-order valence-corrected chi connectivity index (χ2v) is 4.61. The summed E-state index contributed by atoms with van der Waals surface area (Å²) in [6.45, 7) is 4.47. The van der Waals surface area contributed by atoms with E-state index >= 15 is 0 Å². The maximum atomic E-state index is 3.57. The van der Waals surface area contributed by atoms with Crippen LogP contribution in [0, 0.1) is 5.41 Å². The quantitative estimate of drug-likeness (QED) is 0.587. The second kappa shape index (κ2) is 2.46. The number of hydrogen-bond acceptors (Lipinski definition) is 0. The van der Waals surface area contributed by atoms with Gasteiger partial charge >= 0.3 is 0 Å². The molecule has 62 valence electrons. The van der Waals surface area contributed by atoms with Crippen molar-refractivity contribution in [1.29, 1.82) is 0 Å². The molecule has 0 aromatic carbocycles. The van der Waals surface area contributed by atoms with Crippen molar-refractivity contribution in [2.75, 3.05) is 0 Å². The topological polar surface area (TPSA) is 0 Å². The molecule has 0 N–H and O–H groups in total. The highest BCUT2D eigenvalue weighted by Crippen LogP contribution is 2.44. The van der Waals surface area contributed by atoms with Crippen LogP contribution in [0.25, 0.3) is 0 Å². The summed E-state index contributed by atoms with van der Waals surface area (Å²) in [6, 6.07) is 0. The van der Waals surface area contributed by atoms with Crippen molar-refractivity contribution in [1.82, 2.24) is 0 Å². The molecule has 0 spiro atoms. The number of halogens is 1. The van der Waals surface area contributed by atoms with E-state index in [9.17, 15) is 0 Å². The molecule has 0 fully saturated rings. The van der Waals surface area contributed by atoms with Gasteiger partial charge in [0.05, 0.1) is 0 Å². The Morgan fingerprint density at radius 2 is 2.00 bits per heavy atom. The fourth-order valence-corrected chi connectivity index (χ4v) is 2.63. The summed E-state index contributed by atoms with van der Waals surface area (Å²) >= 11 is 3.57. The molecule has 0 radical (unpaired) electrons. The van der Waals surface area contributed by atoms with Crippen molar-refractivity contribution < 1.29 is 0 Å². The molecular weight excluding hydrogens is 212 g/mol. The van der Waals surface area contributed by atoms with Gasteiger partial charge in [-0.05, 0) is 17.2 Å². The predicted molar refractivity (Wildman–Crippen MR) is 56.1 cm³/mol. The molecule has 0 amide bonds. The van der Waals surface area contributed by atoms with Crippen LogP contribution in [-0.2, 0) is 0 Å². The molecular formula is C11H11Br. The largest absolute Gasteiger partial charge is 0.0744 e. The summed E-state index contributed by atoms with van der Waals surface area (Å²) in [7, 11) is 0. The van der Waals surface area contributed by atoms with Crippen molar-refractivity contribution in [3.63, 3.8) is 0 Å². The lowest BCUT2D eigenvalue weighted by Gasteiger charge is -2.26. The highest BCUT2D eigenvalue weighted by atomic mass is 79.9. The summed E-state index contributed by atoms with van der Waals surface area (Å²) in [5.41, 5.74) is 2.92. The van der Waals surface area contributed by atoms with E-state index in [-0.39, 0.29) is 5.41 Å². The van der Waals surface area contributed by atoms with E-state index in [2.05, 4.69) is 60.2 Å². The van der Waals surface area contributed by atoms with E-state index in [1.165, 1.54) is 15.6 Å². The zero-order valence-corrected chi connectivity index (χ0v) is 8.85. The molecule has 0 aromatic heterocycles. The van der Waals surface area contributed by atoms with Gasteiger partial charge in [-0.25, -0.2) is 0 Å². The molecule has 0 saturated heterocycles.